The van der Waals surface area contributed by atoms with Gasteiger partial charge in [-0.3, -0.25) is 9.59 Å². The Labute approximate surface area is 195 Å². The zero-order valence-corrected chi connectivity index (χ0v) is 19.2. The molecule has 0 aliphatic carbocycles. The van der Waals surface area contributed by atoms with Crippen molar-refractivity contribution in [3.63, 3.8) is 0 Å². The standard InChI is InChI=1S/C27H29ClN2O2/c1-19(2)15-16-29-27(32)22-13-14-24(28)25(17-22)30-26(31)18-23(20-9-5-3-6-10-20)21-11-7-4-8-12-21/h3-14,17,19,23H,15-16,18H2,1-2H3,(H,29,32)(H,30,31). The molecule has 166 valence electrons. The topological polar surface area (TPSA) is 58.2 Å². The Kier molecular flexibility index (Phi) is 8.46. The molecular weight excluding hydrogens is 420 g/mol. The van der Waals surface area contributed by atoms with Gasteiger partial charge >= 0.3 is 0 Å². The first-order valence-corrected chi connectivity index (χ1v) is 11.3. The maximum absolute atomic E-state index is 13.0. The molecule has 3 aromatic carbocycles. The largest absolute Gasteiger partial charge is 0.352 e. The van der Waals surface area contributed by atoms with Crippen LogP contribution in [0, 0.1) is 5.92 Å². The first kappa shape index (κ1) is 23.6. The SMILES string of the molecule is CC(C)CCNC(=O)c1ccc(Cl)c(NC(=O)CC(c2ccccc2)c2ccccc2)c1. The third kappa shape index (κ3) is 6.69. The summed E-state index contributed by atoms with van der Waals surface area (Å²) < 4.78 is 0. The second kappa shape index (κ2) is 11.5. The molecule has 32 heavy (non-hydrogen) atoms. The maximum Gasteiger partial charge on any atom is 0.251 e. The van der Waals surface area contributed by atoms with Gasteiger partial charge in [-0.15, -0.1) is 0 Å². The molecule has 3 rings (SSSR count). The highest BCUT2D eigenvalue weighted by Crippen LogP contribution is 2.29. The molecule has 0 saturated carbocycles. The van der Waals surface area contributed by atoms with Crippen molar-refractivity contribution in [2.24, 2.45) is 5.92 Å². The van der Waals surface area contributed by atoms with E-state index in [9.17, 15) is 9.59 Å². The van der Waals surface area contributed by atoms with Crippen LogP contribution >= 0.6 is 11.6 Å². The van der Waals surface area contributed by atoms with Crippen LogP contribution < -0.4 is 10.6 Å². The summed E-state index contributed by atoms with van der Waals surface area (Å²) in [4.78, 5) is 25.4. The molecule has 0 unspecified atom stereocenters. The van der Waals surface area contributed by atoms with E-state index in [4.69, 9.17) is 11.6 Å². The fraction of sp³-hybridized carbons (Fsp3) is 0.259. The van der Waals surface area contributed by atoms with Crippen LogP contribution in [0.3, 0.4) is 0 Å². The van der Waals surface area contributed by atoms with Crippen LogP contribution in [-0.4, -0.2) is 18.4 Å². The highest BCUT2D eigenvalue weighted by atomic mass is 35.5. The van der Waals surface area contributed by atoms with Crippen molar-refractivity contribution in [3.8, 4) is 0 Å². The van der Waals surface area contributed by atoms with Gasteiger partial charge in [-0.1, -0.05) is 86.1 Å². The predicted octanol–water partition coefficient (Wildman–Crippen LogP) is 6.28. The fourth-order valence-electron chi connectivity index (χ4n) is 3.52. The number of nitrogens with one attached hydrogen (secondary N) is 2. The highest BCUT2D eigenvalue weighted by molar-refractivity contribution is 6.33. The Balaban J connectivity index is 1.73. The molecule has 4 nitrogen and oxygen atoms in total. The lowest BCUT2D eigenvalue weighted by atomic mass is 9.88. The molecule has 5 heteroatoms. The minimum Gasteiger partial charge on any atom is -0.352 e. The van der Waals surface area contributed by atoms with E-state index in [1.54, 1.807) is 18.2 Å². The van der Waals surface area contributed by atoms with E-state index in [1.807, 2.05) is 60.7 Å². The number of halogens is 1. The average molecular weight is 449 g/mol. The number of hydrogen-bond donors (Lipinski definition) is 2. The smallest absolute Gasteiger partial charge is 0.251 e. The van der Waals surface area contributed by atoms with Crippen LogP contribution in [0.2, 0.25) is 5.02 Å². The maximum atomic E-state index is 13.0. The van der Waals surface area contributed by atoms with Crippen molar-refractivity contribution in [1.29, 1.82) is 0 Å². The van der Waals surface area contributed by atoms with Crippen LogP contribution in [0.15, 0.2) is 78.9 Å². The van der Waals surface area contributed by atoms with Crippen molar-refractivity contribution in [2.45, 2.75) is 32.6 Å². The Bertz CT molecular complexity index is 997. The summed E-state index contributed by atoms with van der Waals surface area (Å²) in [6, 6.07) is 24.9. The van der Waals surface area contributed by atoms with Gasteiger partial charge in [0, 0.05) is 24.4 Å². The monoisotopic (exact) mass is 448 g/mol. The van der Waals surface area contributed by atoms with Gasteiger partial charge in [0.15, 0.2) is 0 Å². The summed E-state index contributed by atoms with van der Waals surface area (Å²) in [7, 11) is 0. The first-order chi connectivity index (χ1) is 15.4. The number of carbonyl (C=O) groups excluding carboxylic acids is 2. The lowest BCUT2D eigenvalue weighted by Crippen LogP contribution is -2.25. The molecule has 0 aliphatic heterocycles. The third-order valence-electron chi connectivity index (χ3n) is 5.30. The second-order valence-electron chi connectivity index (χ2n) is 8.26. The van der Waals surface area contributed by atoms with Crippen LogP contribution in [0.4, 0.5) is 5.69 Å². The van der Waals surface area contributed by atoms with Gasteiger partial charge in [0.05, 0.1) is 10.7 Å². The molecule has 0 spiro atoms. The third-order valence-corrected chi connectivity index (χ3v) is 5.63. The van der Waals surface area contributed by atoms with Gasteiger partial charge < -0.3 is 10.6 Å². The van der Waals surface area contributed by atoms with Crippen molar-refractivity contribution in [2.75, 3.05) is 11.9 Å². The van der Waals surface area contributed by atoms with E-state index >= 15 is 0 Å². The molecule has 2 amide bonds. The summed E-state index contributed by atoms with van der Waals surface area (Å²) in [6.45, 7) is 4.83. The molecule has 0 bridgehead atoms. The number of anilines is 1. The molecule has 0 radical (unpaired) electrons. The van der Waals surface area contributed by atoms with Crippen molar-refractivity contribution in [3.05, 3.63) is 101 Å². The van der Waals surface area contributed by atoms with Gasteiger partial charge in [-0.05, 0) is 41.7 Å². The molecule has 3 aromatic rings. The van der Waals surface area contributed by atoms with Gasteiger partial charge in [0.25, 0.3) is 5.91 Å². The van der Waals surface area contributed by atoms with Crippen LogP contribution in [0.25, 0.3) is 0 Å². The fourth-order valence-corrected chi connectivity index (χ4v) is 3.69. The van der Waals surface area contributed by atoms with E-state index in [0.29, 0.717) is 28.7 Å². The predicted molar refractivity (Wildman–Crippen MR) is 131 cm³/mol. The average Bonchev–Trinajstić information content (AvgIpc) is 2.79. The van der Waals surface area contributed by atoms with E-state index in [0.717, 1.165) is 17.5 Å². The van der Waals surface area contributed by atoms with E-state index < -0.39 is 0 Å². The summed E-state index contributed by atoms with van der Waals surface area (Å²) in [5.74, 6) is 0.0856. The number of amides is 2. The number of hydrogen-bond acceptors (Lipinski definition) is 2. The van der Waals surface area contributed by atoms with Crippen LogP contribution in [0.1, 0.15) is 54.1 Å². The Morgan fingerprint density at radius 3 is 2.03 bits per heavy atom. The minimum absolute atomic E-state index is 0.0845. The Morgan fingerprint density at radius 1 is 0.875 bits per heavy atom. The summed E-state index contributed by atoms with van der Waals surface area (Å²) in [5.41, 5.74) is 3.04. The van der Waals surface area contributed by atoms with E-state index in [1.165, 1.54) is 0 Å². The van der Waals surface area contributed by atoms with Gasteiger partial charge in [0.1, 0.15) is 0 Å². The Morgan fingerprint density at radius 2 is 1.47 bits per heavy atom. The highest BCUT2D eigenvalue weighted by Gasteiger charge is 2.19. The zero-order chi connectivity index (χ0) is 22.9. The number of benzene rings is 3. The molecule has 0 aliphatic rings. The molecule has 0 heterocycles. The minimum atomic E-state index is -0.177. The molecule has 2 N–H and O–H groups in total. The molecule has 0 atom stereocenters. The number of rotatable bonds is 9. The Hall–Kier alpha value is -3.11. The van der Waals surface area contributed by atoms with Crippen molar-refractivity contribution in [1.82, 2.24) is 5.32 Å². The normalized spacial score (nSPS) is 10.9. The molecule has 0 fully saturated rings. The van der Waals surface area contributed by atoms with Crippen molar-refractivity contribution < 1.29 is 9.59 Å². The molecular formula is C27H29ClN2O2. The molecule has 0 aromatic heterocycles. The summed E-state index contributed by atoms with van der Waals surface area (Å²) in [6.07, 6.45) is 1.17. The quantitative estimate of drug-likeness (QED) is 0.405. The summed E-state index contributed by atoms with van der Waals surface area (Å²) >= 11 is 6.32. The molecule has 0 saturated heterocycles. The zero-order valence-electron chi connectivity index (χ0n) is 18.5. The van der Waals surface area contributed by atoms with Crippen molar-refractivity contribution >= 4 is 29.1 Å². The lowest BCUT2D eigenvalue weighted by molar-refractivity contribution is -0.116. The van der Waals surface area contributed by atoms with E-state index in [-0.39, 0.29) is 24.2 Å². The van der Waals surface area contributed by atoms with Gasteiger partial charge in [0.2, 0.25) is 5.91 Å². The first-order valence-electron chi connectivity index (χ1n) is 10.9. The van der Waals surface area contributed by atoms with Crippen LogP contribution in [-0.2, 0) is 4.79 Å². The van der Waals surface area contributed by atoms with Crippen LogP contribution in [0.5, 0.6) is 0 Å². The summed E-state index contributed by atoms with van der Waals surface area (Å²) in [5, 5.41) is 6.21. The van der Waals surface area contributed by atoms with Gasteiger partial charge in [-0.25, -0.2) is 0 Å². The number of carbonyl (C=O) groups is 2. The second-order valence-corrected chi connectivity index (χ2v) is 8.67. The van der Waals surface area contributed by atoms with Gasteiger partial charge in [-0.2, -0.15) is 0 Å². The van der Waals surface area contributed by atoms with E-state index in [2.05, 4.69) is 24.5 Å². The lowest BCUT2D eigenvalue weighted by Gasteiger charge is -2.18.